The fourth-order valence-electron chi connectivity index (χ4n) is 2.85. The Morgan fingerprint density at radius 1 is 1.50 bits per heavy atom. The lowest BCUT2D eigenvalue weighted by atomic mass is 10.2. The van der Waals surface area contributed by atoms with Gasteiger partial charge in [-0.2, -0.15) is 11.8 Å². The van der Waals surface area contributed by atoms with Gasteiger partial charge >= 0.3 is 0 Å². The Morgan fingerprint density at radius 3 is 3.05 bits per heavy atom. The van der Waals surface area contributed by atoms with Crippen molar-refractivity contribution in [2.45, 2.75) is 39.2 Å². The average molecular weight is 327 g/mol. The van der Waals surface area contributed by atoms with E-state index in [-0.39, 0.29) is 11.6 Å². The highest BCUT2D eigenvalue weighted by molar-refractivity contribution is 7.99. The van der Waals surface area contributed by atoms with Crippen LogP contribution in [0.5, 0.6) is 0 Å². The van der Waals surface area contributed by atoms with Crippen LogP contribution in [0.15, 0.2) is 4.79 Å². The van der Waals surface area contributed by atoms with Gasteiger partial charge < -0.3 is 4.98 Å². The maximum Gasteiger partial charge on any atom is 0.263 e. The number of fused-ring (bicyclic) bond motifs is 3. The summed E-state index contributed by atoms with van der Waals surface area (Å²) in [6.45, 7) is 4.21. The Balaban J connectivity index is 2.18. The van der Waals surface area contributed by atoms with Crippen LogP contribution >= 0.6 is 35.3 Å². The minimum atomic E-state index is 0.104. The molecule has 0 aliphatic heterocycles. The molecule has 0 saturated heterocycles. The summed E-state index contributed by atoms with van der Waals surface area (Å²) in [5.74, 6) is 1.98. The fraction of sp³-hybridized carbons (Fsp3) is 0.571. The molecule has 0 amide bonds. The summed E-state index contributed by atoms with van der Waals surface area (Å²) < 4.78 is 2.33. The summed E-state index contributed by atoms with van der Waals surface area (Å²) in [6.07, 6.45) is 3.32. The molecule has 0 fully saturated rings. The van der Waals surface area contributed by atoms with Crippen molar-refractivity contribution in [2.75, 3.05) is 11.5 Å². The van der Waals surface area contributed by atoms with Gasteiger partial charge in [-0.1, -0.05) is 6.92 Å². The predicted molar refractivity (Wildman–Crippen MR) is 91.0 cm³/mol. The first-order chi connectivity index (χ1) is 9.63. The van der Waals surface area contributed by atoms with Crippen molar-refractivity contribution in [1.82, 2.24) is 9.55 Å². The van der Waals surface area contributed by atoms with Gasteiger partial charge in [-0.25, -0.2) is 0 Å². The number of H-pyrrole nitrogens is 1. The van der Waals surface area contributed by atoms with Crippen molar-refractivity contribution < 1.29 is 0 Å². The lowest BCUT2D eigenvalue weighted by Gasteiger charge is -2.14. The highest BCUT2D eigenvalue weighted by Gasteiger charge is 2.22. The summed E-state index contributed by atoms with van der Waals surface area (Å²) in [6, 6.07) is 0.137. The topological polar surface area (TPSA) is 37.8 Å². The van der Waals surface area contributed by atoms with E-state index in [0.29, 0.717) is 4.77 Å². The molecule has 2 heterocycles. The Bertz CT molecular complexity index is 756. The van der Waals surface area contributed by atoms with Gasteiger partial charge in [-0.05, 0) is 49.7 Å². The summed E-state index contributed by atoms with van der Waals surface area (Å²) in [7, 11) is 0. The molecular formula is C14H18N2OS3. The minimum absolute atomic E-state index is 0.104. The second-order valence-electron chi connectivity index (χ2n) is 5.18. The third kappa shape index (κ3) is 2.27. The Morgan fingerprint density at radius 2 is 2.30 bits per heavy atom. The van der Waals surface area contributed by atoms with Crippen molar-refractivity contribution >= 4 is 45.5 Å². The van der Waals surface area contributed by atoms with Gasteiger partial charge in [-0.3, -0.25) is 9.36 Å². The van der Waals surface area contributed by atoms with Gasteiger partial charge in [0.2, 0.25) is 0 Å². The molecule has 1 unspecified atom stereocenters. The lowest BCUT2D eigenvalue weighted by molar-refractivity contribution is 0.573. The first-order valence-electron chi connectivity index (χ1n) is 7.00. The number of aromatic amines is 1. The third-order valence-electron chi connectivity index (χ3n) is 3.80. The number of aromatic nitrogens is 2. The largest absolute Gasteiger partial charge is 0.323 e. The van der Waals surface area contributed by atoms with Crippen LogP contribution in [0, 0.1) is 4.77 Å². The zero-order chi connectivity index (χ0) is 14.3. The highest BCUT2D eigenvalue weighted by Crippen LogP contribution is 2.34. The summed E-state index contributed by atoms with van der Waals surface area (Å²) >= 11 is 8.96. The van der Waals surface area contributed by atoms with E-state index in [2.05, 4.69) is 18.8 Å². The van der Waals surface area contributed by atoms with E-state index in [4.69, 9.17) is 12.2 Å². The van der Waals surface area contributed by atoms with Crippen LogP contribution in [0.1, 0.15) is 36.8 Å². The Labute approximate surface area is 131 Å². The zero-order valence-corrected chi connectivity index (χ0v) is 14.1. The van der Waals surface area contributed by atoms with Crippen molar-refractivity contribution in [3.63, 3.8) is 0 Å². The lowest BCUT2D eigenvalue weighted by Crippen LogP contribution is -2.26. The molecule has 0 saturated carbocycles. The van der Waals surface area contributed by atoms with E-state index in [1.165, 1.54) is 16.9 Å². The third-order valence-corrected chi connectivity index (χ3v) is 6.43. The number of aryl methyl sites for hydroxylation is 2. The normalized spacial score (nSPS) is 15.7. The minimum Gasteiger partial charge on any atom is -0.323 e. The molecule has 3 rings (SSSR count). The van der Waals surface area contributed by atoms with Crippen LogP contribution in [0.25, 0.3) is 10.2 Å². The molecule has 2 aromatic heterocycles. The summed E-state index contributed by atoms with van der Waals surface area (Å²) in [5, 5.41) is 0.893. The molecule has 0 aromatic carbocycles. The predicted octanol–water partition coefficient (Wildman–Crippen LogP) is 3.92. The van der Waals surface area contributed by atoms with Gasteiger partial charge in [0.05, 0.1) is 5.39 Å². The van der Waals surface area contributed by atoms with Crippen molar-refractivity contribution in [3.8, 4) is 0 Å². The molecule has 1 atom stereocenters. The SMILES string of the molecule is CCSCC(C)n1c(=S)[nH]c2sc3c(c2c1=O)CCC3. The molecule has 0 bridgehead atoms. The number of hydrogen-bond acceptors (Lipinski definition) is 4. The maximum atomic E-state index is 12.8. The van der Waals surface area contributed by atoms with Crippen LogP contribution in [0.2, 0.25) is 0 Å². The summed E-state index contributed by atoms with van der Waals surface area (Å²) in [5.41, 5.74) is 1.37. The van der Waals surface area contributed by atoms with Crippen molar-refractivity contribution in [3.05, 3.63) is 25.6 Å². The molecule has 0 radical (unpaired) electrons. The first-order valence-corrected chi connectivity index (χ1v) is 9.38. The number of thiophene rings is 1. The molecule has 1 aliphatic carbocycles. The second kappa shape index (κ2) is 5.66. The van der Waals surface area contributed by atoms with Crippen molar-refractivity contribution in [1.29, 1.82) is 0 Å². The van der Waals surface area contributed by atoms with Crippen LogP contribution in [0.3, 0.4) is 0 Å². The van der Waals surface area contributed by atoms with Gasteiger partial charge in [0.1, 0.15) is 4.83 Å². The van der Waals surface area contributed by atoms with E-state index in [1.807, 2.05) is 11.8 Å². The van der Waals surface area contributed by atoms with E-state index in [0.717, 1.165) is 34.6 Å². The van der Waals surface area contributed by atoms with Crippen LogP contribution in [-0.2, 0) is 12.8 Å². The number of rotatable bonds is 4. The summed E-state index contributed by atoms with van der Waals surface area (Å²) in [4.78, 5) is 18.5. The number of thioether (sulfide) groups is 1. The number of nitrogens with zero attached hydrogens (tertiary/aromatic N) is 1. The van der Waals surface area contributed by atoms with Crippen LogP contribution in [0.4, 0.5) is 0 Å². The van der Waals surface area contributed by atoms with Gasteiger partial charge in [0.15, 0.2) is 4.77 Å². The van der Waals surface area contributed by atoms with E-state index < -0.39 is 0 Å². The van der Waals surface area contributed by atoms with E-state index in [1.54, 1.807) is 15.9 Å². The second-order valence-corrected chi connectivity index (χ2v) is 7.99. The molecular weight excluding hydrogens is 308 g/mol. The van der Waals surface area contributed by atoms with E-state index >= 15 is 0 Å². The highest BCUT2D eigenvalue weighted by atomic mass is 32.2. The standard InChI is InChI=1S/C14H18N2OS3/c1-3-19-7-8(2)16-13(17)11-9-5-4-6-10(9)20-12(11)15-14(16)18/h8H,3-7H2,1-2H3,(H,15,18). The molecule has 3 nitrogen and oxygen atoms in total. The Hall–Kier alpha value is -0.590. The smallest absolute Gasteiger partial charge is 0.263 e. The molecule has 108 valence electrons. The zero-order valence-electron chi connectivity index (χ0n) is 11.7. The Kier molecular flexibility index (Phi) is 4.06. The van der Waals surface area contributed by atoms with Crippen molar-refractivity contribution in [2.24, 2.45) is 0 Å². The first kappa shape index (κ1) is 14.4. The number of hydrogen-bond donors (Lipinski definition) is 1. The maximum absolute atomic E-state index is 12.8. The molecule has 6 heteroatoms. The van der Waals surface area contributed by atoms with Gasteiger partial charge in [-0.15, -0.1) is 11.3 Å². The van der Waals surface area contributed by atoms with E-state index in [9.17, 15) is 4.79 Å². The molecule has 1 N–H and O–H groups in total. The number of nitrogens with one attached hydrogen (secondary N) is 1. The van der Waals surface area contributed by atoms with Gasteiger partial charge in [0.25, 0.3) is 5.56 Å². The fourth-order valence-corrected chi connectivity index (χ4v) is 5.29. The monoisotopic (exact) mass is 326 g/mol. The molecule has 1 aliphatic rings. The molecule has 0 spiro atoms. The van der Waals surface area contributed by atoms with Gasteiger partial charge in [0, 0.05) is 16.7 Å². The molecule has 20 heavy (non-hydrogen) atoms. The average Bonchev–Trinajstić information content (AvgIpc) is 2.95. The van der Waals surface area contributed by atoms with Crippen LogP contribution < -0.4 is 5.56 Å². The van der Waals surface area contributed by atoms with Crippen LogP contribution in [-0.4, -0.2) is 21.1 Å². The molecule has 2 aromatic rings. The quantitative estimate of drug-likeness (QED) is 0.865.